The molecule has 0 aromatic carbocycles. The molecule has 4 rings (SSSR count). The minimum Gasteiger partial charge on any atom is -0.481 e. The van der Waals surface area contributed by atoms with Gasteiger partial charge in [-0.05, 0) is 12.3 Å². The van der Waals surface area contributed by atoms with Crippen molar-refractivity contribution in [2.45, 2.75) is 24.7 Å². The molecule has 4 N–H and O–H groups in total. The smallest absolute Gasteiger partial charge is 0.309 e. The molecule has 0 saturated heterocycles. The van der Waals surface area contributed by atoms with Gasteiger partial charge < -0.3 is 25.2 Å². The highest BCUT2D eigenvalue weighted by molar-refractivity contribution is 5.83. The zero-order chi connectivity index (χ0) is 20.7. The summed E-state index contributed by atoms with van der Waals surface area (Å²) in [5.74, 6) is 4.28. The molecule has 0 radical (unpaired) electrons. The summed E-state index contributed by atoms with van der Waals surface area (Å²) in [6.07, 6.45) is 2.27. The maximum atomic E-state index is 11.4. The molecule has 4 atom stereocenters. The lowest BCUT2D eigenvalue weighted by Crippen LogP contribution is -2.32. The van der Waals surface area contributed by atoms with Crippen LogP contribution in [0.1, 0.15) is 23.9 Å². The highest BCUT2D eigenvalue weighted by Gasteiger charge is 2.46. The Morgan fingerprint density at radius 3 is 2.69 bits per heavy atom. The molecule has 1 aliphatic carbocycles. The Labute approximate surface area is 165 Å². The van der Waals surface area contributed by atoms with Crippen LogP contribution in [0.2, 0.25) is 0 Å². The van der Waals surface area contributed by atoms with Gasteiger partial charge >= 0.3 is 5.97 Å². The fourth-order valence-corrected chi connectivity index (χ4v) is 3.53. The van der Waals surface area contributed by atoms with Crippen molar-refractivity contribution in [3.05, 3.63) is 30.1 Å². The number of anilines is 1. The van der Waals surface area contributed by atoms with Gasteiger partial charge in [-0.1, -0.05) is 5.92 Å². The third-order valence-corrected chi connectivity index (χ3v) is 5.01. The fraction of sp³-hybridized carbons (Fsp3) is 0.389. The number of aliphatic hydroxyl groups is 2. The molecule has 11 nitrogen and oxygen atoms in total. The monoisotopic (exact) mass is 397 g/mol. The van der Waals surface area contributed by atoms with Crippen molar-refractivity contribution in [2.24, 2.45) is 13.0 Å². The normalized spacial score (nSPS) is 23.7. The van der Waals surface area contributed by atoms with Crippen molar-refractivity contribution >= 4 is 23.0 Å². The van der Waals surface area contributed by atoms with Gasteiger partial charge in [-0.2, -0.15) is 5.10 Å². The molecule has 0 amide bonds. The summed E-state index contributed by atoms with van der Waals surface area (Å²) in [5, 5.41) is 36.8. The van der Waals surface area contributed by atoms with Crippen LogP contribution in [0, 0.1) is 17.8 Å². The number of hydrogen-bond donors (Lipinski definition) is 4. The van der Waals surface area contributed by atoms with Crippen molar-refractivity contribution in [1.29, 1.82) is 0 Å². The Bertz CT molecular complexity index is 1140. The van der Waals surface area contributed by atoms with E-state index in [0.717, 1.165) is 0 Å². The topological polar surface area (TPSA) is 151 Å². The number of nitrogens with one attached hydrogen (secondary N) is 1. The number of aromatic nitrogens is 6. The van der Waals surface area contributed by atoms with Crippen LogP contribution in [0.5, 0.6) is 0 Å². The third-order valence-electron chi connectivity index (χ3n) is 5.01. The van der Waals surface area contributed by atoms with E-state index >= 15 is 0 Å². The maximum absolute atomic E-state index is 11.4. The summed E-state index contributed by atoms with van der Waals surface area (Å²) >= 11 is 0. The Morgan fingerprint density at radius 2 is 2.07 bits per heavy atom. The minimum absolute atomic E-state index is 0.0543. The van der Waals surface area contributed by atoms with Gasteiger partial charge in [0, 0.05) is 20.3 Å². The van der Waals surface area contributed by atoms with Crippen LogP contribution in [-0.4, -0.2) is 69.8 Å². The highest BCUT2D eigenvalue weighted by Crippen LogP contribution is 2.37. The standard InChI is InChI=1S/C18H19N7O4/c1-19-16-13-17(23-12(22-16)4-3-9-6-21-24(2)7-9)25(8-20-13)11-5-10(18(28)29)14(26)15(11)27/h6-8,10-11,14-15,26-27H,5H2,1-2H3,(H,28,29)(H,19,22,23)/t10-,11+,14+,15-/m0/s1. The quantitative estimate of drug-likeness (QED) is 0.423. The molecule has 1 aliphatic rings. The van der Waals surface area contributed by atoms with Gasteiger partial charge in [-0.25, -0.2) is 15.0 Å². The Balaban J connectivity index is 1.77. The molecule has 0 bridgehead atoms. The number of hydrogen-bond acceptors (Lipinski definition) is 8. The number of rotatable bonds is 3. The van der Waals surface area contributed by atoms with E-state index in [1.165, 1.54) is 6.33 Å². The number of aliphatic carboxylic acids is 1. The zero-order valence-electron chi connectivity index (χ0n) is 15.7. The fourth-order valence-electron chi connectivity index (χ4n) is 3.53. The van der Waals surface area contributed by atoms with Gasteiger partial charge in [0.2, 0.25) is 5.82 Å². The van der Waals surface area contributed by atoms with E-state index in [0.29, 0.717) is 22.5 Å². The van der Waals surface area contributed by atoms with Crippen LogP contribution < -0.4 is 5.32 Å². The first-order valence-corrected chi connectivity index (χ1v) is 8.91. The number of aryl methyl sites for hydroxylation is 1. The predicted octanol–water partition coefficient (Wildman–Crippen LogP) is -0.631. The first kappa shape index (κ1) is 18.9. The van der Waals surface area contributed by atoms with Crippen molar-refractivity contribution in [3.63, 3.8) is 0 Å². The second-order valence-electron chi connectivity index (χ2n) is 6.85. The van der Waals surface area contributed by atoms with Crippen LogP contribution in [0.15, 0.2) is 18.7 Å². The Morgan fingerprint density at radius 1 is 1.28 bits per heavy atom. The first-order chi connectivity index (χ1) is 13.9. The minimum atomic E-state index is -1.37. The predicted molar refractivity (Wildman–Crippen MR) is 101 cm³/mol. The van der Waals surface area contributed by atoms with Gasteiger partial charge in [-0.3, -0.25) is 9.48 Å². The number of nitrogens with zero attached hydrogens (tertiary/aromatic N) is 6. The average molecular weight is 397 g/mol. The second-order valence-corrected chi connectivity index (χ2v) is 6.85. The van der Waals surface area contributed by atoms with Crippen molar-refractivity contribution < 1.29 is 20.1 Å². The molecular formula is C18H19N7O4. The van der Waals surface area contributed by atoms with Gasteiger partial charge in [0.05, 0.1) is 36.2 Å². The van der Waals surface area contributed by atoms with E-state index < -0.39 is 30.1 Å². The number of imidazole rings is 1. The summed E-state index contributed by atoms with van der Waals surface area (Å²) in [5.41, 5.74) is 1.55. The van der Waals surface area contributed by atoms with Crippen LogP contribution in [-0.2, 0) is 11.8 Å². The Hall–Kier alpha value is -3.49. The number of aliphatic hydroxyl groups excluding tert-OH is 2. The van der Waals surface area contributed by atoms with E-state index in [1.54, 1.807) is 35.7 Å². The Kier molecular flexibility index (Phi) is 4.65. The summed E-state index contributed by atoms with van der Waals surface area (Å²) in [7, 11) is 3.48. The molecule has 11 heteroatoms. The summed E-state index contributed by atoms with van der Waals surface area (Å²) in [6.45, 7) is 0. The van der Waals surface area contributed by atoms with E-state index in [4.69, 9.17) is 0 Å². The van der Waals surface area contributed by atoms with Crippen molar-refractivity contribution in [2.75, 3.05) is 12.4 Å². The lowest BCUT2D eigenvalue weighted by Gasteiger charge is -2.18. The van der Waals surface area contributed by atoms with Crippen LogP contribution in [0.25, 0.3) is 11.2 Å². The number of carboxylic acids is 1. The highest BCUT2D eigenvalue weighted by atomic mass is 16.4. The number of fused-ring (bicyclic) bond motifs is 1. The number of carbonyl (C=O) groups is 1. The third kappa shape index (κ3) is 3.28. The maximum Gasteiger partial charge on any atom is 0.309 e. The zero-order valence-corrected chi connectivity index (χ0v) is 15.7. The van der Waals surface area contributed by atoms with Gasteiger partial charge in [0.1, 0.15) is 6.10 Å². The first-order valence-electron chi connectivity index (χ1n) is 8.91. The van der Waals surface area contributed by atoms with Crippen LogP contribution in [0.3, 0.4) is 0 Å². The lowest BCUT2D eigenvalue weighted by molar-refractivity contribution is -0.145. The molecule has 1 saturated carbocycles. The van der Waals surface area contributed by atoms with E-state index in [2.05, 4.69) is 37.2 Å². The molecule has 3 heterocycles. The van der Waals surface area contributed by atoms with E-state index in [9.17, 15) is 20.1 Å². The SMILES string of the molecule is CNc1nc(C#Cc2cnn(C)c2)nc2c1ncn2[C@@H]1C[C@H](C(=O)O)[C@@H](O)[C@H]1O. The van der Waals surface area contributed by atoms with Gasteiger partial charge in [0.25, 0.3) is 0 Å². The summed E-state index contributed by atoms with van der Waals surface area (Å²) in [6, 6.07) is -0.685. The second kappa shape index (κ2) is 7.16. The molecule has 1 fully saturated rings. The molecule has 0 unspecified atom stereocenters. The number of carboxylic acid groups (broad SMARTS) is 1. The molecular weight excluding hydrogens is 378 g/mol. The van der Waals surface area contributed by atoms with Gasteiger partial charge in [0.15, 0.2) is 17.0 Å². The van der Waals surface area contributed by atoms with Gasteiger partial charge in [-0.15, -0.1) is 0 Å². The summed E-state index contributed by atoms with van der Waals surface area (Å²) in [4.78, 5) is 24.5. The van der Waals surface area contributed by atoms with E-state index in [-0.39, 0.29) is 12.2 Å². The molecule has 0 spiro atoms. The molecule has 0 aliphatic heterocycles. The lowest BCUT2D eigenvalue weighted by atomic mass is 10.1. The van der Waals surface area contributed by atoms with Crippen LogP contribution >= 0.6 is 0 Å². The molecule has 150 valence electrons. The van der Waals surface area contributed by atoms with Crippen LogP contribution in [0.4, 0.5) is 5.82 Å². The summed E-state index contributed by atoms with van der Waals surface area (Å²) < 4.78 is 3.21. The van der Waals surface area contributed by atoms with E-state index in [1.807, 2.05) is 0 Å². The molecule has 3 aromatic heterocycles. The molecule has 29 heavy (non-hydrogen) atoms. The molecule has 3 aromatic rings. The average Bonchev–Trinajstić information content (AvgIpc) is 3.38. The largest absolute Gasteiger partial charge is 0.481 e. The van der Waals surface area contributed by atoms with Crippen molar-refractivity contribution in [1.82, 2.24) is 29.3 Å². The van der Waals surface area contributed by atoms with Crippen molar-refractivity contribution in [3.8, 4) is 11.8 Å².